The van der Waals surface area contributed by atoms with Crippen molar-refractivity contribution in [1.82, 2.24) is 0 Å². The maximum atomic E-state index is 5.79. The summed E-state index contributed by atoms with van der Waals surface area (Å²) in [5, 5.41) is 3.26. The van der Waals surface area contributed by atoms with Gasteiger partial charge in [-0.25, -0.2) is 0 Å². The summed E-state index contributed by atoms with van der Waals surface area (Å²) in [4.78, 5) is 0. The Morgan fingerprint density at radius 3 is 2.43 bits per heavy atom. The number of benzene rings is 2. The van der Waals surface area contributed by atoms with Crippen LogP contribution in [0.2, 0.25) is 0 Å². The first kappa shape index (κ1) is 15.4. The molecule has 0 saturated heterocycles. The van der Waals surface area contributed by atoms with E-state index < -0.39 is 0 Å². The van der Waals surface area contributed by atoms with Crippen molar-refractivity contribution in [2.24, 2.45) is 0 Å². The molecule has 0 aliphatic rings. The smallest absolute Gasteiger partial charge is 0.173 e. The minimum absolute atomic E-state index is 0.265. The number of rotatable bonds is 8. The molecule has 0 spiro atoms. The maximum Gasteiger partial charge on any atom is 0.173 e. The Kier molecular flexibility index (Phi) is 6.06. The van der Waals surface area contributed by atoms with E-state index in [9.17, 15) is 0 Å². The van der Waals surface area contributed by atoms with Crippen molar-refractivity contribution in [1.29, 1.82) is 0 Å². The van der Waals surface area contributed by atoms with Gasteiger partial charge in [0.05, 0.1) is 6.54 Å². The number of nitrogens with one attached hydrogen (secondary N) is 1. The monoisotopic (exact) mass is 287 g/mol. The quantitative estimate of drug-likeness (QED) is 0.756. The van der Waals surface area contributed by atoms with E-state index in [0.29, 0.717) is 13.2 Å². The Balaban J connectivity index is 1.88. The van der Waals surface area contributed by atoms with Crippen LogP contribution in [0.5, 0.6) is 5.75 Å². The number of methoxy groups -OCH3 is 2. The Morgan fingerprint density at radius 1 is 0.952 bits per heavy atom. The van der Waals surface area contributed by atoms with Gasteiger partial charge in [0.2, 0.25) is 0 Å². The largest absolute Gasteiger partial charge is 0.489 e. The predicted molar refractivity (Wildman–Crippen MR) is 83.5 cm³/mol. The van der Waals surface area contributed by atoms with Crippen molar-refractivity contribution in [2.75, 3.05) is 26.1 Å². The summed E-state index contributed by atoms with van der Waals surface area (Å²) >= 11 is 0. The highest BCUT2D eigenvalue weighted by atomic mass is 16.7. The molecule has 4 nitrogen and oxygen atoms in total. The zero-order valence-corrected chi connectivity index (χ0v) is 12.4. The highest BCUT2D eigenvalue weighted by Crippen LogP contribution is 2.18. The third kappa shape index (κ3) is 5.10. The van der Waals surface area contributed by atoms with Gasteiger partial charge in [0.1, 0.15) is 12.4 Å². The van der Waals surface area contributed by atoms with Crippen LogP contribution in [-0.2, 0) is 16.1 Å². The Hall–Kier alpha value is -2.04. The maximum absolute atomic E-state index is 5.79. The molecule has 0 aliphatic heterocycles. The molecule has 112 valence electrons. The molecular weight excluding hydrogens is 266 g/mol. The predicted octanol–water partition coefficient (Wildman–Crippen LogP) is 3.30. The first-order chi connectivity index (χ1) is 10.3. The first-order valence-corrected chi connectivity index (χ1v) is 6.88. The van der Waals surface area contributed by atoms with Gasteiger partial charge in [0, 0.05) is 26.0 Å². The molecule has 21 heavy (non-hydrogen) atoms. The Labute approximate surface area is 125 Å². The van der Waals surface area contributed by atoms with Gasteiger partial charge in [0.15, 0.2) is 6.29 Å². The topological polar surface area (TPSA) is 39.7 Å². The highest BCUT2D eigenvalue weighted by Gasteiger charge is 2.04. The van der Waals surface area contributed by atoms with E-state index in [-0.39, 0.29) is 6.29 Å². The molecule has 2 aromatic carbocycles. The van der Waals surface area contributed by atoms with E-state index in [0.717, 1.165) is 17.0 Å². The lowest BCUT2D eigenvalue weighted by atomic mass is 10.2. The normalized spacial score (nSPS) is 10.6. The van der Waals surface area contributed by atoms with E-state index in [1.54, 1.807) is 14.2 Å². The summed E-state index contributed by atoms with van der Waals surface area (Å²) in [6.07, 6.45) is -0.265. The zero-order chi connectivity index (χ0) is 14.9. The lowest BCUT2D eigenvalue weighted by molar-refractivity contribution is -0.0914. The minimum Gasteiger partial charge on any atom is -0.489 e. The van der Waals surface area contributed by atoms with Crippen LogP contribution in [0, 0.1) is 0 Å². The Morgan fingerprint density at radius 2 is 1.71 bits per heavy atom. The zero-order valence-electron chi connectivity index (χ0n) is 12.4. The highest BCUT2D eigenvalue weighted by molar-refractivity contribution is 5.48. The molecule has 1 N–H and O–H groups in total. The lowest BCUT2D eigenvalue weighted by Crippen LogP contribution is -2.23. The summed E-state index contributed by atoms with van der Waals surface area (Å²) in [5.74, 6) is 0.829. The van der Waals surface area contributed by atoms with Crippen LogP contribution in [0.25, 0.3) is 0 Å². The summed E-state index contributed by atoms with van der Waals surface area (Å²) in [5.41, 5.74) is 2.12. The van der Waals surface area contributed by atoms with Gasteiger partial charge in [-0.2, -0.15) is 0 Å². The SMILES string of the molecule is COC(CNc1cccc(OCc2ccccc2)c1)OC. The molecule has 2 aromatic rings. The molecule has 2 rings (SSSR count). The molecule has 0 saturated carbocycles. The molecule has 4 heteroatoms. The van der Waals surface area contributed by atoms with Crippen LogP contribution in [-0.4, -0.2) is 27.1 Å². The third-order valence-corrected chi connectivity index (χ3v) is 3.08. The summed E-state index contributed by atoms with van der Waals surface area (Å²) < 4.78 is 16.1. The number of hydrogen-bond acceptors (Lipinski definition) is 4. The third-order valence-electron chi connectivity index (χ3n) is 3.08. The molecule has 0 atom stereocenters. The van der Waals surface area contributed by atoms with Crippen molar-refractivity contribution in [3.05, 3.63) is 60.2 Å². The van der Waals surface area contributed by atoms with Crippen LogP contribution < -0.4 is 10.1 Å². The summed E-state index contributed by atoms with van der Waals surface area (Å²) in [6, 6.07) is 17.9. The molecule has 0 heterocycles. The van der Waals surface area contributed by atoms with Crippen LogP contribution in [0.15, 0.2) is 54.6 Å². The Bertz CT molecular complexity index is 527. The summed E-state index contributed by atoms with van der Waals surface area (Å²) in [6.45, 7) is 1.14. The van der Waals surface area contributed by atoms with Crippen LogP contribution in [0.1, 0.15) is 5.56 Å². The van der Waals surface area contributed by atoms with E-state index in [2.05, 4.69) is 5.32 Å². The second kappa shape index (κ2) is 8.29. The van der Waals surface area contributed by atoms with E-state index in [1.165, 1.54) is 0 Å². The van der Waals surface area contributed by atoms with Crippen molar-refractivity contribution >= 4 is 5.69 Å². The molecule has 0 aromatic heterocycles. The van der Waals surface area contributed by atoms with E-state index >= 15 is 0 Å². The summed E-state index contributed by atoms with van der Waals surface area (Å²) in [7, 11) is 3.24. The fourth-order valence-corrected chi connectivity index (χ4v) is 1.90. The van der Waals surface area contributed by atoms with E-state index in [1.807, 2.05) is 54.6 Å². The van der Waals surface area contributed by atoms with Gasteiger partial charge < -0.3 is 19.5 Å². The van der Waals surface area contributed by atoms with Gasteiger partial charge in [-0.3, -0.25) is 0 Å². The molecule has 0 bridgehead atoms. The molecule has 0 aliphatic carbocycles. The molecule has 0 amide bonds. The molecular formula is C17H21NO3. The molecule has 0 radical (unpaired) electrons. The second-order valence-electron chi connectivity index (χ2n) is 4.58. The van der Waals surface area contributed by atoms with Crippen molar-refractivity contribution in [2.45, 2.75) is 12.9 Å². The average molecular weight is 287 g/mol. The van der Waals surface area contributed by atoms with E-state index in [4.69, 9.17) is 14.2 Å². The van der Waals surface area contributed by atoms with Gasteiger partial charge in [0.25, 0.3) is 0 Å². The van der Waals surface area contributed by atoms with Crippen molar-refractivity contribution < 1.29 is 14.2 Å². The van der Waals surface area contributed by atoms with Gasteiger partial charge in [-0.1, -0.05) is 36.4 Å². The molecule has 0 unspecified atom stereocenters. The fourth-order valence-electron chi connectivity index (χ4n) is 1.90. The second-order valence-corrected chi connectivity index (χ2v) is 4.58. The molecule has 0 fully saturated rings. The van der Waals surface area contributed by atoms with Crippen LogP contribution in [0.4, 0.5) is 5.69 Å². The number of hydrogen-bond donors (Lipinski definition) is 1. The standard InChI is InChI=1S/C17H21NO3/c1-19-17(20-2)12-18-15-9-6-10-16(11-15)21-13-14-7-4-3-5-8-14/h3-11,17-18H,12-13H2,1-2H3. The number of ether oxygens (including phenoxy) is 3. The van der Waals surface area contributed by atoms with Gasteiger partial charge >= 0.3 is 0 Å². The number of anilines is 1. The fraction of sp³-hybridized carbons (Fsp3) is 0.294. The minimum atomic E-state index is -0.265. The first-order valence-electron chi connectivity index (χ1n) is 6.88. The lowest BCUT2D eigenvalue weighted by Gasteiger charge is -2.15. The van der Waals surface area contributed by atoms with Gasteiger partial charge in [-0.15, -0.1) is 0 Å². The van der Waals surface area contributed by atoms with Crippen molar-refractivity contribution in [3.63, 3.8) is 0 Å². The van der Waals surface area contributed by atoms with Crippen LogP contribution in [0.3, 0.4) is 0 Å². The van der Waals surface area contributed by atoms with Gasteiger partial charge in [-0.05, 0) is 17.7 Å². The average Bonchev–Trinajstić information content (AvgIpc) is 2.55. The van der Waals surface area contributed by atoms with Crippen molar-refractivity contribution in [3.8, 4) is 5.75 Å². The van der Waals surface area contributed by atoms with Crippen LogP contribution >= 0.6 is 0 Å².